The van der Waals surface area contributed by atoms with Crippen molar-refractivity contribution in [2.75, 3.05) is 11.9 Å². The lowest BCUT2D eigenvalue weighted by Gasteiger charge is -2.26. The summed E-state index contributed by atoms with van der Waals surface area (Å²) in [6.07, 6.45) is 8.22. The van der Waals surface area contributed by atoms with Crippen molar-refractivity contribution < 1.29 is 0 Å². The van der Waals surface area contributed by atoms with E-state index >= 15 is 0 Å². The summed E-state index contributed by atoms with van der Waals surface area (Å²) in [6, 6.07) is 0.700. The molecular formula is C11H17BrN2S. The van der Waals surface area contributed by atoms with Crippen molar-refractivity contribution >= 4 is 32.4 Å². The van der Waals surface area contributed by atoms with Crippen LogP contribution in [0.25, 0.3) is 0 Å². The smallest absolute Gasteiger partial charge is 0.186 e. The lowest BCUT2D eigenvalue weighted by atomic mass is 10.1. The molecule has 0 radical (unpaired) electrons. The van der Waals surface area contributed by atoms with Crippen molar-refractivity contribution in [3.8, 4) is 0 Å². The van der Waals surface area contributed by atoms with Crippen LogP contribution in [0.4, 0.5) is 5.13 Å². The molecule has 1 aliphatic rings. The fourth-order valence-corrected chi connectivity index (χ4v) is 3.50. The average Bonchev–Trinajstić information content (AvgIpc) is 2.53. The Morgan fingerprint density at radius 3 is 2.53 bits per heavy atom. The van der Waals surface area contributed by atoms with Crippen LogP contribution < -0.4 is 4.90 Å². The molecule has 4 heteroatoms. The van der Waals surface area contributed by atoms with Gasteiger partial charge in [-0.1, -0.05) is 25.7 Å². The Morgan fingerprint density at radius 1 is 1.33 bits per heavy atom. The first kappa shape index (κ1) is 11.4. The largest absolute Gasteiger partial charge is 0.348 e. The zero-order valence-electron chi connectivity index (χ0n) is 9.08. The van der Waals surface area contributed by atoms with Crippen molar-refractivity contribution in [1.82, 2.24) is 4.98 Å². The van der Waals surface area contributed by atoms with Crippen molar-refractivity contribution in [1.29, 1.82) is 0 Å². The summed E-state index contributed by atoms with van der Waals surface area (Å²) in [5.41, 5.74) is 0. The molecule has 0 unspecified atom stereocenters. The predicted molar refractivity (Wildman–Crippen MR) is 69.7 cm³/mol. The molecule has 84 valence electrons. The summed E-state index contributed by atoms with van der Waals surface area (Å²) < 4.78 is 0.961. The van der Waals surface area contributed by atoms with E-state index in [1.54, 1.807) is 11.3 Å². The standard InChI is InChI=1S/C11H17BrN2S/c1-14(11-13-10(12)8-15-11)9-6-4-2-3-5-7-9/h8-9H,2-7H2,1H3. The summed E-state index contributed by atoms with van der Waals surface area (Å²) in [4.78, 5) is 6.84. The molecule has 2 nitrogen and oxygen atoms in total. The molecule has 0 atom stereocenters. The van der Waals surface area contributed by atoms with Crippen molar-refractivity contribution in [3.05, 3.63) is 9.98 Å². The average molecular weight is 289 g/mol. The summed E-state index contributed by atoms with van der Waals surface area (Å²) in [5.74, 6) is 0. The minimum atomic E-state index is 0.700. The number of anilines is 1. The van der Waals surface area contributed by atoms with E-state index in [2.05, 4.69) is 38.2 Å². The number of aromatic nitrogens is 1. The highest BCUT2D eigenvalue weighted by atomic mass is 79.9. The molecule has 0 saturated heterocycles. The number of halogens is 1. The maximum Gasteiger partial charge on any atom is 0.186 e. The molecule has 0 aliphatic heterocycles. The van der Waals surface area contributed by atoms with Crippen LogP contribution in [0.1, 0.15) is 38.5 Å². The summed E-state index contributed by atoms with van der Waals surface area (Å²) in [6.45, 7) is 0. The fourth-order valence-electron chi connectivity index (χ4n) is 2.21. The zero-order chi connectivity index (χ0) is 10.7. The van der Waals surface area contributed by atoms with Gasteiger partial charge in [-0.2, -0.15) is 0 Å². The molecule has 1 aromatic rings. The van der Waals surface area contributed by atoms with E-state index in [1.807, 2.05) is 0 Å². The molecule has 1 fully saturated rings. The molecule has 0 aromatic carbocycles. The first-order valence-corrected chi connectivity index (χ1v) is 7.28. The molecule has 1 heterocycles. The summed E-state index contributed by atoms with van der Waals surface area (Å²) in [7, 11) is 2.18. The highest BCUT2D eigenvalue weighted by Crippen LogP contribution is 2.28. The van der Waals surface area contributed by atoms with E-state index in [4.69, 9.17) is 0 Å². The molecular weight excluding hydrogens is 272 g/mol. The third-order valence-electron chi connectivity index (χ3n) is 3.14. The second-order valence-electron chi connectivity index (χ2n) is 4.21. The van der Waals surface area contributed by atoms with E-state index < -0.39 is 0 Å². The highest BCUT2D eigenvalue weighted by molar-refractivity contribution is 9.10. The third-order valence-corrected chi connectivity index (χ3v) is 4.78. The maximum atomic E-state index is 4.48. The molecule has 0 spiro atoms. The third kappa shape index (κ3) is 2.94. The lowest BCUT2D eigenvalue weighted by molar-refractivity contribution is 0.552. The van der Waals surface area contributed by atoms with Gasteiger partial charge in [0, 0.05) is 18.5 Å². The number of thiazole rings is 1. The van der Waals surface area contributed by atoms with Crippen molar-refractivity contribution in [2.45, 2.75) is 44.6 Å². The monoisotopic (exact) mass is 288 g/mol. The number of rotatable bonds is 2. The van der Waals surface area contributed by atoms with Gasteiger partial charge in [0.1, 0.15) is 4.60 Å². The van der Waals surface area contributed by atoms with E-state index in [-0.39, 0.29) is 0 Å². The molecule has 15 heavy (non-hydrogen) atoms. The maximum absolute atomic E-state index is 4.48. The second kappa shape index (κ2) is 5.30. The van der Waals surface area contributed by atoms with Gasteiger partial charge >= 0.3 is 0 Å². The normalized spacial score (nSPS) is 18.8. The predicted octanol–water partition coefficient (Wildman–Crippen LogP) is 4.06. The zero-order valence-corrected chi connectivity index (χ0v) is 11.5. The molecule has 1 saturated carbocycles. The van der Waals surface area contributed by atoms with Gasteiger partial charge in [0.25, 0.3) is 0 Å². The summed E-state index contributed by atoms with van der Waals surface area (Å²) >= 11 is 5.14. The van der Waals surface area contributed by atoms with Crippen LogP contribution in [-0.2, 0) is 0 Å². The van der Waals surface area contributed by atoms with Gasteiger partial charge in [-0.15, -0.1) is 11.3 Å². The molecule has 1 aliphatic carbocycles. The first-order valence-electron chi connectivity index (χ1n) is 5.61. The molecule has 1 aromatic heterocycles. The van der Waals surface area contributed by atoms with Crippen LogP contribution in [0.15, 0.2) is 9.98 Å². The Balaban J connectivity index is 2.02. The van der Waals surface area contributed by atoms with Gasteiger partial charge in [0.05, 0.1) is 0 Å². The quantitative estimate of drug-likeness (QED) is 0.763. The number of hydrogen-bond acceptors (Lipinski definition) is 3. The van der Waals surface area contributed by atoms with Crippen LogP contribution in [0, 0.1) is 0 Å². The van der Waals surface area contributed by atoms with Crippen LogP contribution in [0.3, 0.4) is 0 Å². The molecule has 0 amide bonds. The molecule has 0 N–H and O–H groups in total. The minimum absolute atomic E-state index is 0.700. The minimum Gasteiger partial charge on any atom is -0.348 e. The Hall–Kier alpha value is -0.0900. The number of hydrogen-bond donors (Lipinski definition) is 0. The fraction of sp³-hybridized carbons (Fsp3) is 0.727. The van der Waals surface area contributed by atoms with Crippen molar-refractivity contribution in [3.63, 3.8) is 0 Å². The highest BCUT2D eigenvalue weighted by Gasteiger charge is 2.19. The van der Waals surface area contributed by atoms with E-state index in [0.29, 0.717) is 6.04 Å². The van der Waals surface area contributed by atoms with Gasteiger partial charge in [-0.25, -0.2) is 4.98 Å². The Morgan fingerprint density at radius 2 is 2.00 bits per heavy atom. The number of nitrogens with zero attached hydrogens (tertiary/aromatic N) is 2. The van der Waals surface area contributed by atoms with Crippen LogP contribution >= 0.6 is 27.3 Å². The van der Waals surface area contributed by atoms with Crippen LogP contribution in [-0.4, -0.2) is 18.1 Å². The SMILES string of the molecule is CN(c1nc(Br)cs1)C1CCCCCC1. The Labute approximate surface area is 104 Å². The first-order chi connectivity index (χ1) is 7.27. The lowest BCUT2D eigenvalue weighted by Crippen LogP contribution is -2.30. The van der Waals surface area contributed by atoms with E-state index in [9.17, 15) is 0 Å². The van der Waals surface area contributed by atoms with Crippen LogP contribution in [0.5, 0.6) is 0 Å². The summed E-state index contributed by atoms with van der Waals surface area (Å²) in [5, 5.41) is 3.21. The van der Waals surface area contributed by atoms with Gasteiger partial charge in [-0.05, 0) is 28.8 Å². The second-order valence-corrected chi connectivity index (χ2v) is 5.86. The van der Waals surface area contributed by atoms with Crippen LogP contribution in [0.2, 0.25) is 0 Å². The van der Waals surface area contributed by atoms with Crippen molar-refractivity contribution in [2.24, 2.45) is 0 Å². The Kier molecular flexibility index (Phi) is 4.03. The topological polar surface area (TPSA) is 16.1 Å². The molecule has 0 bridgehead atoms. The van der Waals surface area contributed by atoms with E-state index in [0.717, 1.165) is 9.73 Å². The van der Waals surface area contributed by atoms with Gasteiger partial charge < -0.3 is 4.90 Å². The Bertz CT molecular complexity index is 305. The van der Waals surface area contributed by atoms with Gasteiger partial charge in [-0.3, -0.25) is 0 Å². The molecule has 2 rings (SSSR count). The van der Waals surface area contributed by atoms with Gasteiger partial charge in [0.15, 0.2) is 5.13 Å². The van der Waals surface area contributed by atoms with E-state index in [1.165, 1.54) is 38.5 Å². The van der Waals surface area contributed by atoms with Gasteiger partial charge in [0.2, 0.25) is 0 Å².